The molecule has 1 aromatic carbocycles. The van der Waals surface area contributed by atoms with Crippen LogP contribution in [0.25, 0.3) is 11.0 Å². The minimum absolute atomic E-state index is 0.0736. The normalized spacial score (nSPS) is 15.7. The Morgan fingerprint density at radius 2 is 2.37 bits per heavy atom. The van der Waals surface area contributed by atoms with E-state index in [-0.39, 0.29) is 23.9 Å². The van der Waals surface area contributed by atoms with Crippen LogP contribution in [-0.2, 0) is 11.2 Å². The molecule has 8 nitrogen and oxygen atoms in total. The Labute approximate surface area is 159 Å². The molecule has 0 fully saturated rings. The van der Waals surface area contributed by atoms with Gasteiger partial charge in [0.15, 0.2) is 10.8 Å². The summed E-state index contributed by atoms with van der Waals surface area (Å²) in [7, 11) is 1.63. The molecule has 2 N–H and O–H groups in total. The van der Waals surface area contributed by atoms with Gasteiger partial charge in [-0.05, 0) is 24.1 Å². The maximum absolute atomic E-state index is 12.6. The molecule has 3 heterocycles. The van der Waals surface area contributed by atoms with Crippen molar-refractivity contribution < 1.29 is 9.53 Å². The molecule has 3 aromatic rings. The average Bonchev–Trinajstić information content (AvgIpc) is 3.30. The average molecular weight is 385 g/mol. The zero-order valence-corrected chi connectivity index (χ0v) is 15.6. The highest BCUT2D eigenvalue weighted by molar-refractivity contribution is 7.99. The predicted octanol–water partition coefficient (Wildman–Crippen LogP) is 1.52. The first-order chi connectivity index (χ1) is 13.2. The predicted molar refractivity (Wildman–Crippen MR) is 102 cm³/mol. The maximum atomic E-state index is 12.6. The van der Waals surface area contributed by atoms with Crippen molar-refractivity contribution in [2.75, 3.05) is 19.4 Å². The highest BCUT2D eigenvalue weighted by Gasteiger charge is 2.28. The van der Waals surface area contributed by atoms with E-state index in [9.17, 15) is 9.59 Å². The number of nitrogens with one attached hydrogen (secondary N) is 2. The van der Waals surface area contributed by atoms with Crippen LogP contribution in [0.5, 0.6) is 5.75 Å². The molecule has 2 aromatic heterocycles. The molecule has 140 valence electrons. The van der Waals surface area contributed by atoms with Gasteiger partial charge in [0.2, 0.25) is 5.91 Å². The summed E-state index contributed by atoms with van der Waals surface area (Å²) in [5.74, 6) is 1.39. The van der Waals surface area contributed by atoms with Gasteiger partial charge < -0.3 is 10.1 Å². The van der Waals surface area contributed by atoms with E-state index in [2.05, 4.69) is 20.5 Å². The molecular weight excluding hydrogens is 366 g/mol. The van der Waals surface area contributed by atoms with Crippen molar-refractivity contribution in [3.05, 3.63) is 46.4 Å². The molecule has 4 rings (SSSR count). The number of H-pyrrole nitrogens is 1. The van der Waals surface area contributed by atoms with Crippen LogP contribution in [0.3, 0.4) is 0 Å². The number of carbonyl (C=O) groups is 1. The van der Waals surface area contributed by atoms with E-state index in [1.807, 2.05) is 24.3 Å². The number of aromatic amines is 1. The summed E-state index contributed by atoms with van der Waals surface area (Å²) < 4.78 is 6.82. The van der Waals surface area contributed by atoms with Gasteiger partial charge in [-0.2, -0.15) is 5.10 Å². The first-order valence-electron chi connectivity index (χ1n) is 8.64. The lowest BCUT2D eigenvalue weighted by atomic mass is 10.1. The van der Waals surface area contributed by atoms with Crippen LogP contribution in [-0.4, -0.2) is 45.1 Å². The number of benzene rings is 1. The number of thioether (sulfide) groups is 1. The van der Waals surface area contributed by atoms with E-state index in [0.717, 1.165) is 17.7 Å². The summed E-state index contributed by atoms with van der Waals surface area (Å²) in [5, 5.41) is 10.6. The van der Waals surface area contributed by atoms with Crippen molar-refractivity contribution in [1.29, 1.82) is 0 Å². The summed E-state index contributed by atoms with van der Waals surface area (Å²) >= 11 is 1.49. The fraction of sp³-hybridized carbons (Fsp3) is 0.333. The zero-order chi connectivity index (χ0) is 18.8. The van der Waals surface area contributed by atoms with Gasteiger partial charge in [-0.15, -0.1) is 0 Å². The van der Waals surface area contributed by atoms with Crippen LogP contribution in [0.2, 0.25) is 0 Å². The van der Waals surface area contributed by atoms with Gasteiger partial charge >= 0.3 is 0 Å². The van der Waals surface area contributed by atoms with Crippen LogP contribution in [0, 0.1) is 0 Å². The molecule has 1 amide bonds. The molecule has 27 heavy (non-hydrogen) atoms. The van der Waals surface area contributed by atoms with Gasteiger partial charge in [-0.3, -0.25) is 19.3 Å². The van der Waals surface area contributed by atoms with Crippen LogP contribution in [0.4, 0.5) is 0 Å². The van der Waals surface area contributed by atoms with Crippen LogP contribution < -0.4 is 15.6 Å². The fourth-order valence-corrected chi connectivity index (χ4v) is 4.30. The number of ether oxygens (including phenoxy) is 1. The smallest absolute Gasteiger partial charge is 0.265 e. The number of nitrogens with zero attached hydrogens (tertiary/aromatic N) is 3. The van der Waals surface area contributed by atoms with Crippen molar-refractivity contribution in [2.24, 2.45) is 0 Å². The fourth-order valence-electron chi connectivity index (χ4n) is 3.17. The summed E-state index contributed by atoms with van der Waals surface area (Å²) in [4.78, 5) is 29.4. The van der Waals surface area contributed by atoms with Gasteiger partial charge in [0.1, 0.15) is 11.1 Å². The molecule has 1 aliphatic heterocycles. The molecule has 0 aliphatic carbocycles. The summed E-state index contributed by atoms with van der Waals surface area (Å²) in [6.45, 7) is 0.534. The number of carbonyl (C=O) groups excluding carboxylic acids is 1. The second-order valence-corrected chi connectivity index (χ2v) is 7.31. The lowest BCUT2D eigenvalue weighted by molar-refractivity contribution is -0.121. The second-order valence-electron chi connectivity index (χ2n) is 6.32. The van der Waals surface area contributed by atoms with E-state index >= 15 is 0 Å². The van der Waals surface area contributed by atoms with Gasteiger partial charge in [0, 0.05) is 18.7 Å². The number of hydrogen-bond donors (Lipinski definition) is 2. The molecule has 0 bridgehead atoms. The molecule has 9 heteroatoms. The molecule has 1 atom stereocenters. The number of aromatic nitrogens is 4. The third kappa shape index (κ3) is 3.55. The van der Waals surface area contributed by atoms with E-state index in [0.29, 0.717) is 28.5 Å². The highest BCUT2D eigenvalue weighted by Crippen LogP contribution is 2.32. The lowest BCUT2D eigenvalue weighted by Gasteiger charge is -2.13. The Morgan fingerprint density at radius 1 is 1.48 bits per heavy atom. The molecule has 0 saturated heterocycles. The lowest BCUT2D eigenvalue weighted by Crippen LogP contribution is -2.31. The summed E-state index contributed by atoms with van der Waals surface area (Å²) in [6.07, 6.45) is 2.45. The van der Waals surface area contributed by atoms with Crippen LogP contribution in [0.1, 0.15) is 18.0 Å². The van der Waals surface area contributed by atoms with Crippen molar-refractivity contribution in [2.45, 2.75) is 24.0 Å². The molecule has 0 spiro atoms. The van der Waals surface area contributed by atoms with E-state index in [1.165, 1.54) is 18.0 Å². The van der Waals surface area contributed by atoms with Crippen LogP contribution >= 0.6 is 11.8 Å². The Kier molecular flexibility index (Phi) is 4.85. The molecule has 1 unspecified atom stereocenters. The molecule has 0 radical (unpaired) electrons. The third-order valence-corrected chi connectivity index (χ3v) is 5.64. The van der Waals surface area contributed by atoms with Gasteiger partial charge in [-0.25, -0.2) is 4.98 Å². The Hall–Kier alpha value is -2.81. The number of hydrogen-bond acceptors (Lipinski definition) is 6. The standard InChI is InChI=1S/C18H19N5O3S/c1-26-13-4-2-3-11(7-13)5-6-19-15(24)8-12-10-27-18-21-16-14(9-20-22-16)17(25)23(12)18/h2-4,7,9,12H,5-6,8,10H2,1H3,(H,19,24)(H,20,22). The molecule has 1 aliphatic rings. The van der Waals surface area contributed by atoms with Crippen molar-refractivity contribution >= 4 is 28.7 Å². The molecule has 0 saturated carbocycles. The molecular formula is C18H19N5O3S. The topological polar surface area (TPSA) is 102 Å². The van der Waals surface area contributed by atoms with Crippen molar-refractivity contribution in [3.8, 4) is 5.75 Å². The van der Waals surface area contributed by atoms with E-state index < -0.39 is 0 Å². The largest absolute Gasteiger partial charge is 0.497 e. The number of amides is 1. The quantitative estimate of drug-likeness (QED) is 0.624. The number of fused-ring (bicyclic) bond motifs is 2. The van der Waals surface area contributed by atoms with Gasteiger partial charge in [0.25, 0.3) is 5.56 Å². The van der Waals surface area contributed by atoms with Crippen molar-refractivity contribution in [1.82, 2.24) is 25.1 Å². The third-order valence-electron chi connectivity index (χ3n) is 4.54. The summed E-state index contributed by atoms with van der Waals surface area (Å²) in [6, 6.07) is 7.58. The number of methoxy groups -OCH3 is 1. The maximum Gasteiger partial charge on any atom is 0.265 e. The van der Waals surface area contributed by atoms with Crippen molar-refractivity contribution in [3.63, 3.8) is 0 Å². The van der Waals surface area contributed by atoms with E-state index in [4.69, 9.17) is 4.74 Å². The Bertz CT molecular complexity index is 1040. The highest BCUT2D eigenvalue weighted by atomic mass is 32.2. The second kappa shape index (κ2) is 7.43. The van der Waals surface area contributed by atoms with E-state index in [1.54, 1.807) is 11.7 Å². The monoisotopic (exact) mass is 385 g/mol. The minimum Gasteiger partial charge on any atom is -0.497 e. The van der Waals surface area contributed by atoms with Gasteiger partial charge in [-0.1, -0.05) is 23.9 Å². The summed E-state index contributed by atoms with van der Waals surface area (Å²) in [5.41, 5.74) is 1.43. The zero-order valence-electron chi connectivity index (χ0n) is 14.8. The minimum atomic E-state index is -0.193. The first kappa shape index (κ1) is 17.6. The van der Waals surface area contributed by atoms with Gasteiger partial charge in [0.05, 0.1) is 19.3 Å². The van der Waals surface area contributed by atoms with Crippen LogP contribution in [0.15, 0.2) is 40.4 Å². The Balaban J connectivity index is 1.38. The first-order valence-corrected chi connectivity index (χ1v) is 9.62. The Morgan fingerprint density at radius 3 is 3.22 bits per heavy atom. The number of rotatable bonds is 6. The SMILES string of the molecule is COc1cccc(CCNC(=O)CC2CSc3nc4[nH]ncc4c(=O)n32)c1.